The average molecular weight is 242 g/mol. The topological polar surface area (TPSA) is 63.1 Å². The van der Waals surface area contributed by atoms with Crippen molar-refractivity contribution in [3.05, 3.63) is 10.0 Å². The standard InChI is InChI=1S/C11H18N2O2S/c1-3-5-9(11(14)15)6-4-7-10-13-12-8(2)16-10/h9H,3-7H2,1-2H3,(H,14,15). The van der Waals surface area contributed by atoms with Crippen molar-refractivity contribution in [2.75, 3.05) is 0 Å². The van der Waals surface area contributed by atoms with Crippen molar-refractivity contribution in [2.24, 2.45) is 5.92 Å². The lowest BCUT2D eigenvalue weighted by Gasteiger charge is -2.09. The normalized spacial score (nSPS) is 12.6. The van der Waals surface area contributed by atoms with E-state index in [1.54, 1.807) is 11.3 Å². The zero-order valence-corrected chi connectivity index (χ0v) is 10.6. The first kappa shape index (κ1) is 13.1. The van der Waals surface area contributed by atoms with Gasteiger partial charge in [-0.1, -0.05) is 13.3 Å². The third-order valence-electron chi connectivity index (χ3n) is 2.50. The van der Waals surface area contributed by atoms with E-state index in [0.717, 1.165) is 42.1 Å². The van der Waals surface area contributed by atoms with Gasteiger partial charge in [0, 0.05) is 6.42 Å². The fourth-order valence-corrected chi connectivity index (χ4v) is 2.43. The molecule has 0 aromatic carbocycles. The Morgan fingerprint density at radius 1 is 1.44 bits per heavy atom. The van der Waals surface area contributed by atoms with Crippen LogP contribution in [0.5, 0.6) is 0 Å². The van der Waals surface area contributed by atoms with Gasteiger partial charge in [-0.2, -0.15) is 0 Å². The molecule has 90 valence electrons. The lowest BCUT2D eigenvalue weighted by Crippen LogP contribution is -2.13. The quantitative estimate of drug-likeness (QED) is 0.798. The minimum absolute atomic E-state index is 0.195. The highest BCUT2D eigenvalue weighted by Gasteiger charge is 2.15. The van der Waals surface area contributed by atoms with E-state index in [4.69, 9.17) is 5.11 Å². The molecule has 1 heterocycles. The van der Waals surface area contributed by atoms with Gasteiger partial charge in [-0.25, -0.2) is 0 Å². The molecular formula is C11H18N2O2S. The lowest BCUT2D eigenvalue weighted by atomic mass is 9.97. The van der Waals surface area contributed by atoms with Gasteiger partial charge in [0.05, 0.1) is 5.92 Å². The van der Waals surface area contributed by atoms with Crippen molar-refractivity contribution in [1.82, 2.24) is 10.2 Å². The summed E-state index contributed by atoms with van der Waals surface area (Å²) in [7, 11) is 0. The summed E-state index contributed by atoms with van der Waals surface area (Å²) in [6, 6.07) is 0. The summed E-state index contributed by atoms with van der Waals surface area (Å²) in [5.74, 6) is -0.866. The highest BCUT2D eigenvalue weighted by Crippen LogP contribution is 2.17. The molecule has 1 atom stereocenters. The predicted molar refractivity (Wildman–Crippen MR) is 63.6 cm³/mol. The molecule has 1 aromatic rings. The first-order chi connectivity index (χ1) is 7.63. The van der Waals surface area contributed by atoms with E-state index in [2.05, 4.69) is 10.2 Å². The maximum Gasteiger partial charge on any atom is 0.306 e. The molecule has 16 heavy (non-hydrogen) atoms. The summed E-state index contributed by atoms with van der Waals surface area (Å²) in [6.07, 6.45) is 4.16. The average Bonchev–Trinajstić information content (AvgIpc) is 2.63. The van der Waals surface area contributed by atoms with Crippen LogP contribution in [-0.2, 0) is 11.2 Å². The van der Waals surface area contributed by atoms with Gasteiger partial charge in [0.2, 0.25) is 0 Å². The van der Waals surface area contributed by atoms with Gasteiger partial charge >= 0.3 is 5.97 Å². The number of hydrogen-bond donors (Lipinski definition) is 1. The summed E-state index contributed by atoms with van der Waals surface area (Å²) in [5.41, 5.74) is 0. The predicted octanol–water partition coefficient (Wildman–Crippen LogP) is 2.67. The molecule has 0 amide bonds. The van der Waals surface area contributed by atoms with Gasteiger partial charge in [-0.15, -0.1) is 21.5 Å². The van der Waals surface area contributed by atoms with Crippen LogP contribution in [0, 0.1) is 12.8 Å². The van der Waals surface area contributed by atoms with Crippen molar-refractivity contribution in [3.63, 3.8) is 0 Å². The number of aromatic nitrogens is 2. The number of aryl methyl sites for hydroxylation is 2. The minimum atomic E-state index is -0.671. The molecule has 0 fully saturated rings. The van der Waals surface area contributed by atoms with Crippen molar-refractivity contribution < 1.29 is 9.90 Å². The molecule has 0 bridgehead atoms. The van der Waals surface area contributed by atoms with Crippen LogP contribution in [0.4, 0.5) is 0 Å². The fraction of sp³-hybridized carbons (Fsp3) is 0.727. The molecule has 4 nitrogen and oxygen atoms in total. The van der Waals surface area contributed by atoms with Gasteiger partial charge in [-0.05, 0) is 26.2 Å². The van der Waals surface area contributed by atoms with Crippen molar-refractivity contribution in [2.45, 2.75) is 46.0 Å². The Bertz CT molecular complexity index is 338. The zero-order valence-electron chi connectivity index (χ0n) is 9.77. The Labute approximate surface area is 99.7 Å². The fourth-order valence-electron chi connectivity index (χ4n) is 1.68. The van der Waals surface area contributed by atoms with Crippen molar-refractivity contribution in [3.8, 4) is 0 Å². The van der Waals surface area contributed by atoms with Gasteiger partial charge in [-0.3, -0.25) is 4.79 Å². The van der Waals surface area contributed by atoms with Gasteiger partial charge in [0.25, 0.3) is 0 Å². The zero-order chi connectivity index (χ0) is 12.0. The van der Waals surface area contributed by atoms with E-state index in [1.807, 2.05) is 13.8 Å². The number of carboxylic acid groups (broad SMARTS) is 1. The first-order valence-electron chi connectivity index (χ1n) is 5.65. The summed E-state index contributed by atoms with van der Waals surface area (Å²) in [6.45, 7) is 3.95. The van der Waals surface area contributed by atoms with E-state index in [0.29, 0.717) is 0 Å². The van der Waals surface area contributed by atoms with E-state index < -0.39 is 5.97 Å². The maximum absolute atomic E-state index is 10.9. The molecule has 0 aliphatic heterocycles. The lowest BCUT2D eigenvalue weighted by molar-refractivity contribution is -0.142. The minimum Gasteiger partial charge on any atom is -0.481 e. The maximum atomic E-state index is 10.9. The Morgan fingerprint density at radius 2 is 2.19 bits per heavy atom. The molecule has 0 saturated carbocycles. The smallest absolute Gasteiger partial charge is 0.306 e. The Morgan fingerprint density at radius 3 is 2.69 bits per heavy atom. The second-order valence-electron chi connectivity index (χ2n) is 3.93. The molecule has 0 aliphatic rings. The van der Waals surface area contributed by atoms with E-state index in [9.17, 15) is 4.79 Å². The molecule has 1 unspecified atom stereocenters. The summed E-state index contributed by atoms with van der Waals surface area (Å²) in [4.78, 5) is 10.9. The monoisotopic (exact) mass is 242 g/mol. The van der Waals surface area contributed by atoms with Gasteiger partial charge in [0.15, 0.2) is 0 Å². The molecule has 1 rings (SSSR count). The number of carboxylic acids is 1. The molecule has 0 saturated heterocycles. The van der Waals surface area contributed by atoms with Crippen LogP contribution in [0.1, 0.15) is 42.6 Å². The van der Waals surface area contributed by atoms with E-state index in [-0.39, 0.29) is 5.92 Å². The second kappa shape index (κ2) is 6.58. The summed E-state index contributed by atoms with van der Waals surface area (Å²) >= 11 is 1.59. The van der Waals surface area contributed by atoms with Crippen LogP contribution in [0.2, 0.25) is 0 Å². The Hall–Kier alpha value is -0.970. The van der Waals surface area contributed by atoms with Crippen LogP contribution >= 0.6 is 11.3 Å². The number of carbonyl (C=O) groups is 1. The molecule has 1 N–H and O–H groups in total. The second-order valence-corrected chi connectivity index (χ2v) is 5.20. The Balaban J connectivity index is 2.30. The van der Waals surface area contributed by atoms with Crippen LogP contribution in [0.3, 0.4) is 0 Å². The van der Waals surface area contributed by atoms with E-state index >= 15 is 0 Å². The SMILES string of the molecule is CCCC(CCCc1nnc(C)s1)C(=O)O. The largest absolute Gasteiger partial charge is 0.481 e. The highest BCUT2D eigenvalue weighted by molar-refractivity contribution is 7.11. The Kier molecular flexibility index (Phi) is 5.38. The molecular weight excluding hydrogens is 224 g/mol. The number of nitrogens with zero attached hydrogens (tertiary/aromatic N) is 2. The number of aliphatic carboxylic acids is 1. The highest BCUT2D eigenvalue weighted by atomic mass is 32.1. The molecule has 5 heteroatoms. The third-order valence-corrected chi connectivity index (χ3v) is 3.40. The van der Waals surface area contributed by atoms with E-state index in [1.165, 1.54) is 0 Å². The molecule has 0 spiro atoms. The van der Waals surface area contributed by atoms with Gasteiger partial charge in [0.1, 0.15) is 10.0 Å². The summed E-state index contributed by atoms with van der Waals surface area (Å²) < 4.78 is 0. The van der Waals surface area contributed by atoms with Crippen LogP contribution in [0.25, 0.3) is 0 Å². The first-order valence-corrected chi connectivity index (χ1v) is 6.47. The third kappa shape index (κ3) is 4.26. The summed E-state index contributed by atoms with van der Waals surface area (Å²) in [5, 5.41) is 18.9. The van der Waals surface area contributed by atoms with Crippen LogP contribution in [-0.4, -0.2) is 21.3 Å². The van der Waals surface area contributed by atoms with Crippen LogP contribution < -0.4 is 0 Å². The van der Waals surface area contributed by atoms with Crippen molar-refractivity contribution >= 4 is 17.3 Å². The molecule has 0 aliphatic carbocycles. The molecule has 0 radical (unpaired) electrons. The molecule has 1 aromatic heterocycles. The number of hydrogen-bond acceptors (Lipinski definition) is 4. The van der Waals surface area contributed by atoms with Gasteiger partial charge < -0.3 is 5.11 Å². The number of rotatable bonds is 7. The van der Waals surface area contributed by atoms with Crippen LogP contribution in [0.15, 0.2) is 0 Å². The van der Waals surface area contributed by atoms with Crippen molar-refractivity contribution in [1.29, 1.82) is 0 Å².